The second-order valence-electron chi connectivity index (χ2n) is 20.6. The molecule has 69 heavy (non-hydrogen) atoms. The first-order chi connectivity index (χ1) is 33.1. The highest BCUT2D eigenvalue weighted by atomic mass is 16.6. The number of hydrogen-bond acceptors (Lipinski definition) is 11. The van der Waals surface area contributed by atoms with Crippen molar-refractivity contribution in [3.05, 3.63) is 74.3 Å². The third kappa shape index (κ3) is 22.1. The summed E-state index contributed by atoms with van der Waals surface area (Å²) in [5.74, 6) is 2.05. The molecule has 3 aromatic carbocycles. The molecular formula is C56H89N7O6. The normalized spacial score (nSPS) is 13.2. The van der Waals surface area contributed by atoms with Gasteiger partial charge in [0.05, 0.1) is 34.8 Å². The Bertz CT molecular complexity index is 2030. The smallest absolute Gasteiger partial charge is 0.303 e. The minimum Gasteiger partial charge on any atom is -0.491 e. The summed E-state index contributed by atoms with van der Waals surface area (Å²) in [5, 5.41) is 41.9. The van der Waals surface area contributed by atoms with E-state index in [0.717, 1.165) is 88.2 Å². The van der Waals surface area contributed by atoms with Gasteiger partial charge in [-0.15, -0.1) is 15.3 Å². The molecule has 3 rings (SSSR count). The Morgan fingerprint density at radius 2 is 1.07 bits per heavy atom. The van der Waals surface area contributed by atoms with Crippen molar-refractivity contribution in [1.29, 1.82) is 0 Å². The standard InChI is InChI=1S/C56H89N7O6/c1-11-16-19-20-21-22-23-24-25-26-34-61(35-33-43(6)40-56(8,9)10)47-29-31-49(44(7)36-47)57-59-51-38-55(69-42-46(15-5)28-18-13-3)52(39-54(51)68-41-45(14-4)27-17-12-2)60-58-50-32-30-48(62(64)65)37-53(50)63(66)67/h29-32,36-39,43,45-46H,11-28,33-35,40-42H2,1-10H3. The molecule has 3 aromatic rings. The Hall–Kier alpha value is -4.94. The van der Waals surface area contributed by atoms with Crippen LogP contribution < -0.4 is 14.4 Å². The molecule has 0 aliphatic rings. The third-order valence-electron chi connectivity index (χ3n) is 13.2. The summed E-state index contributed by atoms with van der Waals surface area (Å²) in [7, 11) is 0. The second-order valence-corrected chi connectivity index (χ2v) is 20.6. The van der Waals surface area contributed by atoms with Crippen LogP contribution >= 0.6 is 0 Å². The Morgan fingerprint density at radius 3 is 1.55 bits per heavy atom. The predicted octanol–water partition coefficient (Wildman–Crippen LogP) is 19.0. The van der Waals surface area contributed by atoms with Crippen LogP contribution in [0.1, 0.15) is 196 Å². The van der Waals surface area contributed by atoms with Gasteiger partial charge in [0.25, 0.3) is 5.69 Å². The van der Waals surface area contributed by atoms with Crippen molar-refractivity contribution in [1.82, 2.24) is 0 Å². The van der Waals surface area contributed by atoms with Crippen molar-refractivity contribution >= 4 is 39.8 Å². The average Bonchev–Trinajstić information content (AvgIpc) is 3.31. The zero-order chi connectivity index (χ0) is 50.6. The lowest BCUT2D eigenvalue weighted by atomic mass is 9.84. The topological polar surface area (TPSA) is 157 Å². The zero-order valence-electron chi connectivity index (χ0n) is 44.4. The molecule has 13 heteroatoms. The number of azo groups is 2. The lowest BCUT2D eigenvalue weighted by Crippen LogP contribution is -2.27. The molecule has 0 aliphatic carbocycles. The predicted molar refractivity (Wildman–Crippen MR) is 285 cm³/mol. The fourth-order valence-electron chi connectivity index (χ4n) is 8.84. The molecule has 0 saturated heterocycles. The van der Waals surface area contributed by atoms with E-state index in [1.165, 1.54) is 88.4 Å². The van der Waals surface area contributed by atoms with Crippen LogP contribution in [0, 0.1) is 50.3 Å². The van der Waals surface area contributed by atoms with Crippen LogP contribution in [-0.4, -0.2) is 36.1 Å². The van der Waals surface area contributed by atoms with Crippen molar-refractivity contribution in [2.75, 3.05) is 31.2 Å². The zero-order valence-corrected chi connectivity index (χ0v) is 44.4. The molecule has 384 valence electrons. The van der Waals surface area contributed by atoms with Gasteiger partial charge in [0.1, 0.15) is 22.9 Å². The van der Waals surface area contributed by atoms with Gasteiger partial charge in [0.15, 0.2) is 5.69 Å². The first-order valence-corrected chi connectivity index (χ1v) is 26.7. The molecule has 0 N–H and O–H groups in total. The lowest BCUT2D eigenvalue weighted by Gasteiger charge is -2.29. The maximum atomic E-state index is 12.0. The van der Waals surface area contributed by atoms with Crippen molar-refractivity contribution in [3.63, 3.8) is 0 Å². The van der Waals surface area contributed by atoms with Crippen LogP contribution in [-0.2, 0) is 0 Å². The fraction of sp³-hybridized carbons (Fsp3) is 0.679. The average molecular weight is 956 g/mol. The number of nitrogens with zero attached hydrogens (tertiary/aromatic N) is 7. The van der Waals surface area contributed by atoms with E-state index in [9.17, 15) is 20.2 Å². The van der Waals surface area contributed by atoms with Gasteiger partial charge in [0, 0.05) is 37.0 Å². The first kappa shape index (κ1) is 58.4. The number of benzene rings is 3. The maximum Gasteiger partial charge on any atom is 0.303 e. The largest absolute Gasteiger partial charge is 0.491 e. The van der Waals surface area contributed by atoms with Gasteiger partial charge in [-0.2, -0.15) is 5.11 Å². The molecular weight excluding hydrogens is 867 g/mol. The van der Waals surface area contributed by atoms with Crippen molar-refractivity contribution < 1.29 is 19.3 Å². The van der Waals surface area contributed by atoms with Gasteiger partial charge in [-0.1, -0.05) is 159 Å². The van der Waals surface area contributed by atoms with E-state index < -0.39 is 21.2 Å². The number of nitro groups is 2. The minimum atomic E-state index is -0.697. The quantitative estimate of drug-likeness (QED) is 0.0243. The monoisotopic (exact) mass is 956 g/mol. The number of nitro benzene ring substituents is 2. The number of ether oxygens (including phenoxy) is 2. The Labute approximate surface area is 416 Å². The molecule has 0 radical (unpaired) electrons. The molecule has 0 saturated carbocycles. The van der Waals surface area contributed by atoms with Crippen LogP contribution in [0.15, 0.2) is 69.0 Å². The number of rotatable bonds is 36. The number of anilines is 1. The van der Waals surface area contributed by atoms with E-state index in [2.05, 4.69) is 103 Å². The molecule has 0 aromatic heterocycles. The number of hydrogen-bond donors (Lipinski definition) is 0. The van der Waals surface area contributed by atoms with Gasteiger partial charge in [-0.25, -0.2) is 0 Å². The molecule has 0 heterocycles. The van der Waals surface area contributed by atoms with E-state index in [1.807, 2.05) is 0 Å². The van der Waals surface area contributed by atoms with E-state index in [-0.39, 0.29) is 5.69 Å². The van der Waals surface area contributed by atoms with Crippen LogP contribution in [0.5, 0.6) is 11.5 Å². The van der Waals surface area contributed by atoms with Crippen molar-refractivity contribution in [2.24, 2.45) is 43.6 Å². The Kier molecular flexibility index (Phi) is 27.1. The summed E-state index contributed by atoms with van der Waals surface area (Å²) >= 11 is 0. The highest BCUT2D eigenvalue weighted by Crippen LogP contribution is 2.43. The van der Waals surface area contributed by atoms with Gasteiger partial charge in [0.2, 0.25) is 0 Å². The van der Waals surface area contributed by atoms with Gasteiger partial charge in [-0.05, 0) is 92.0 Å². The summed E-state index contributed by atoms with van der Waals surface area (Å²) < 4.78 is 13.1. The molecule has 0 aliphatic heterocycles. The second kappa shape index (κ2) is 32.0. The van der Waals surface area contributed by atoms with Crippen molar-refractivity contribution in [3.8, 4) is 11.5 Å². The minimum absolute atomic E-state index is 0.122. The van der Waals surface area contributed by atoms with E-state index >= 15 is 0 Å². The molecule has 3 unspecified atom stereocenters. The van der Waals surface area contributed by atoms with E-state index in [0.29, 0.717) is 59.3 Å². The van der Waals surface area contributed by atoms with Crippen LogP contribution in [0.3, 0.4) is 0 Å². The fourth-order valence-corrected chi connectivity index (χ4v) is 8.84. The molecule has 0 fully saturated rings. The van der Waals surface area contributed by atoms with Gasteiger partial charge < -0.3 is 14.4 Å². The summed E-state index contributed by atoms with van der Waals surface area (Å²) in [4.78, 5) is 24.6. The number of unbranched alkanes of at least 4 members (excludes halogenated alkanes) is 11. The molecule has 0 bridgehead atoms. The third-order valence-corrected chi connectivity index (χ3v) is 13.2. The van der Waals surface area contributed by atoms with E-state index in [4.69, 9.17) is 19.7 Å². The summed E-state index contributed by atoms with van der Waals surface area (Å²) in [6.45, 7) is 25.3. The van der Waals surface area contributed by atoms with Crippen LogP contribution in [0.25, 0.3) is 0 Å². The number of aryl methyl sites for hydroxylation is 1. The Balaban J connectivity index is 2.04. The molecule has 13 nitrogen and oxygen atoms in total. The Morgan fingerprint density at radius 1 is 0.580 bits per heavy atom. The van der Waals surface area contributed by atoms with Gasteiger partial charge >= 0.3 is 5.69 Å². The van der Waals surface area contributed by atoms with Gasteiger partial charge in [-0.3, -0.25) is 20.2 Å². The highest BCUT2D eigenvalue weighted by molar-refractivity contribution is 5.68. The van der Waals surface area contributed by atoms with Crippen LogP contribution in [0.4, 0.5) is 39.8 Å². The van der Waals surface area contributed by atoms with E-state index in [1.54, 1.807) is 12.1 Å². The molecule has 3 atom stereocenters. The summed E-state index contributed by atoms with van der Waals surface area (Å²) in [6, 6.07) is 13.3. The SMILES string of the molecule is CCCCCCCCCCCCN(CCC(C)CC(C)(C)C)c1ccc(N=Nc2cc(OCC(CC)CCCC)c(N=Nc3ccc([N+](=O)[O-])cc3[N+](=O)[O-])cc2OCC(CC)CCCC)c(C)c1. The summed E-state index contributed by atoms with van der Waals surface area (Å²) in [5.41, 5.74) is 2.98. The first-order valence-electron chi connectivity index (χ1n) is 26.7. The lowest BCUT2D eigenvalue weighted by molar-refractivity contribution is -0.393. The molecule has 0 amide bonds. The van der Waals surface area contributed by atoms with Crippen LogP contribution in [0.2, 0.25) is 0 Å². The maximum absolute atomic E-state index is 12.0. The molecule has 0 spiro atoms. The van der Waals surface area contributed by atoms with Crippen molar-refractivity contribution in [2.45, 2.75) is 198 Å². The number of non-ortho nitro benzene ring substituents is 1. The highest BCUT2D eigenvalue weighted by Gasteiger charge is 2.22. The summed E-state index contributed by atoms with van der Waals surface area (Å²) in [6.07, 6.45) is 23.7.